The molecule has 2 heterocycles. The summed E-state index contributed by atoms with van der Waals surface area (Å²) in [5, 5.41) is 15.3. The second-order valence-electron chi connectivity index (χ2n) is 2.61. The van der Waals surface area contributed by atoms with Gasteiger partial charge in [-0.3, -0.25) is 9.63 Å². The summed E-state index contributed by atoms with van der Waals surface area (Å²) in [4.78, 5) is 16.4. The van der Waals surface area contributed by atoms with Crippen molar-refractivity contribution in [1.29, 1.82) is 0 Å². The van der Waals surface area contributed by atoms with Crippen molar-refractivity contribution in [2.24, 2.45) is 0 Å². The molecule has 1 saturated heterocycles. The summed E-state index contributed by atoms with van der Waals surface area (Å²) in [6.45, 7) is 0.347. The van der Waals surface area contributed by atoms with E-state index in [0.29, 0.717) is 0 Å². The maximum atomic E-state index is 11.4. The van der Waals surface area contributed by atoms with Gasteiger partial charge in [-0.05, 0) is 11.5 Å². The molecule has 0 saturated carbocycles. The third kappa shape index (κ3) is 1.67. The molecule has 1 atom stereocenters. The first-order chi connectivity index (χ1) is 6.27. The monoisotopic (exact) mass is 201 g/mol. The maximum Gasteiger partial charge on any atom is 0.298 e. The van der Waals surface area contributed by atoms with Crippen molar-refractivity contribution in [2.45, 2.75) is 6.10 Å². The molecule has 1 unspecified atom stereocenters. The van der Waals surface area contributed by atoms with Gasteiger partial charge >= 0.3 is 0 Å². The van der Waals surface area contributed by atoms with Gasteiger partial charge in [0.05, 0.1) is 6.54 Å². The Hall–Kier alpha value is -1.05. The Morgan fingerprint density at radius 2 is 2.69 bits per heavy atom. The number of carbonyl (C=O) groups is 1. The van der Waals surface area contributed by atoms with E-state index in [9.17, 15) is 4.79 Å². The fourth-order valence-corrected chi connectivity index (χ4v) is 1.43. The number of aliphatic hydroxyl groups excluding tert-OH is 1. The highest BCUT2D eigenvalue weighted by molar-refractivity contribution is 7.03. The zero-order chi connectivity index (χ0) is 9.26. The number of aliphatic hydroxyl groups is 1. The van der Waals surface area contributed by atoms with Gasteiger partial charge in [-0.15, -0.1) is 5.10 Å². The minimum Gasteiger partial charge on any atom is -0.389 e. The first kappa shape index (κ1) is 8.54. The standard InChI is InChI=1S/C6H7N3O3S/c10-4-1-9(12-2-4)6(11)5-3-13-8-7-5/h3-4,10H,1-2H2. The predicted octanol–water partition coefficient (Wildman–Crippen LogP) is -0.714. The van der Waals surface area contributed by atoms with E-state index in [4.69, 9.17) is 9.94 Å². The summed E-state index contributed by atoms with van der Waals surface area (Å²) in [5.74, 6) is -0.356. The zero-order valence-electron chi connectivity index (χ0n) is 6.58. The highest BCUT2D eigenvalue weighted by Crippen LogP contribution is 2.10. The van der Waals surface area contributed by atoms with Crippen LogP contribution >= 0.6 is 11.5 Å². The third-order valence-corrected chi connectivity index (χ3v) is 2.11. The molecule has 1 aliphatic rings. The van der Waals surface area contributed by atoms with Gasteiger partial charge in [-0.25, -0.2) is 5.06 Å². The van der Waals surface area contributed by atoms with Gasteiger partial charge in [-0.2, -0.15) is 0 Å². The molecule has 0 bridgehead atoms. The molecule has 13 heavy (non-hydrogen) atoms. The molecule has 1 aromatic heterocycles. The summed E-state index contributed by atoms with van der Waals surface area (Å²) in [6.07, 6.45) is -0.601. The number of hydroxylamine groups is 2. The number of β-amino-alcohol motifs (C(OH)–C–C–N with tert-alkyl or cyclic N) is 1. The number of nitrogens with zero attached hydrogens (tertiary/aromatic N) is 3. The quantitative estimate of drug-likeness (QED) is 0.649. The lowest BCUT2D eigenvalue weighted by Gasteiger charge is -2.10. The van der Waals surface area contributed by atoms with E-state index in [1.165, 1.54) is 5.38 Å². The molecule has 1 aromatic rings. The van der Waals surface area contributed by atoms with Crippen molar-refractivity contribution < 1.29 is 14.7 Å². The van der Waals surface area contributed by atoms with Crippen molar-refractivity contribution in [2.75, 3.05) is 13.2 Å². The predicted molar refractivity (Wildman–Crippen MR) is 42.9 cm³/mol. The number of aromatic nitrogens is 2. The van der Waals surface area contributed by atoms with Crippen molar-refractivity contribution in [1.82, 2.24) is 14.7 Å². The minimum absolute atomic E-state index is 0.156. The second kappa shape index (κ2) is 3.36. The summed E-state index contributed by atoms with van der Waals surface area (Å²) in [7, 11) is 0. The normalized spacial score (nSPS) is 22.2. The van der Waals surface area contributed by atoms with Crippen LogP contribution < -0.4 is 0 Å². The Morgan fingerprint density at radius 3 is 3.23 bits per heavy atom. The van der Waals surface area contributed by atoms with Crippen LogP contribution in [-0.4, -0.2) is 44.9 Å². The maximum absolute atomic E-state index is 11.4. The summed E-state index contributed by atoms with van der Waals surface area (Å²) in [5.41, 5.74) is 0.249. The molecule has 0 aliphatic carbocycles. The number of carbonyl (C=O) groups excluding carboxylic acids is 1. The fraction of sp³-hybridized carbons (Fsp3) is 0.500. The molecule has 0 radical (unpaired) electrons. The Balaban J connectivity index is 2.06. The van der Waals surface area contributed by atoms with Gasteiger partial charge < -0.3 is 5.11 Å². The van der Waals surface area contributed by atoms with E-state index in [1.54, 1.807) is 0 Å². The topological polar surface area (TPSA) is 75.6 Å². The number of rotatable bonds is 1. The van der Waals surface area contributed by atoms with Gasteiger partial charge in [0.2, 0.25) is 0 Å². The molecule has 2 rings (SSSR count). The molecule has 1 aliphatic heterocycles. The zero-order valence-corrected chi connectivity index (χ0v) is 7.40. The van der Waals surface area contributed by atoms with Crippen LogP contribution in [-0.2, 0) is 4.84 Å². The molecular formula is C6H7N3O3S. The Kier molecular flexibility index (Phi) is 2.21. The van der Waals surface area contributed by atoms with E-state index in [0.717, 1.165) is 16.6 Å². The van der Waals surface area contributed by atoms with Crippen LogP contribution in [0.15, 0.2) is 5.38 Å². The smallest absolute Gasteiger partial charge is 0.298 e. The molecule has 7 heteroatoms. The van der Waals surface area contributed by atoms with Gasteiger partial charge in [0.15, 0.2) is 5.69 Å². The molecule has 6 nitrogen and oxygen atoms in total. The van der Waals surface area contributed by atoms with Crippen LogP contribution in [0.3, 0.4) is 0 Å². The first-order valence-corrected chi connectivity index (χ1v) is 4.51. The number of hydrogen-bond donors (Lipinski definition) is 1. The molecule has 1 fully saturated rings. The first-order valence-electron chi connectivity index (χ1n) is 3.67. The van der Waals surface area contributed by atoms with Gasteiger partial charge in [-0.1, -0.05) is 4.49 Å². The van der Waals surface area contributed by atoms with E-state index in [1.807, 2.05) is 0 Å². The average Bonchev–Trinajstić information content (AvgIpc) is 2.72. The highest BCUT2D eigenvalue weighted by Gasteiger charge is 2.28. The summed E-state index contributed by atoms with van der Waals surface area (Å²) in [6, 6.07) is 0. The Bertz CT molecular complexity index is 302. The Morgan fingerprint density at radius 1 is 1.85 bits per heavy atom. The number of amides is 1. The fourth-order valence-electron chi connectivity index (χ4n) is 1.000. The van der Waals surface area contributed by atoms with Crippen LogP contribution in [0.4, 0.5) is 0 Å². The highest BCUT2D eigenvalue weighted by atomic mass is 32.1. The van der Waals surface area contributed by atoms with Crippen LogP contribution in [0.1, 0.15) is 10.5 Å². The van der Waals surface area contributed by atoms with Crippen LogP contribution in [0.2, 0.25) is 0 Å². The molecule has 70 valence electrons. The van der Waals surface area contributed by atoms with E-state index in [-0.39, 0.29) is 24.8 Å². The lowest BCUT2D eigenvalue weighted by molar-refractivity contribution is -0.0783. The minimum atomic E-state index is -0.601. The SMILES string of the molecule is O=C(c1csnn1)N1CC(O)CO1. The largest absolute Gasteiger partial charge is 0.389 e. The molecule has 0 aromatic carbocycles. The van der Waals surface area contributed by atoms with Gasteiger partial charge in [0, 0.05) is 5.38 Å². The summed E-state index contributed by atoms with van der Waals surface area (Å²) >= 11 is 1.10. The second-order valence-corrected chi connectivity index (χ2v) is 3.22. The third-order valence-electron chi connectivity index (χ3n) is 1.61. The van der Waals surface area contributed by atoms with Crippen LogP contribution in [0.25, 0.3) is 0 Å². The van der Waals surface area contributed by atoms with Crippen molar-refractivity contribution in [3.05, 3.63) is 11.1 Å². The lowest BCUT2D eigenvalue weighted by Crippen LogP contribution is -2.28. The summed E-state index contributed by atoms with van der Waals surface area (Å²) < 4.78 is 3.56. The number of hydrogen-bond acceptors (Lipinski definition) is 6. The molecular weight excluding hydrogens is 194 g/mol. The van der Waals surface area contributed by atoms with Gasteiger partial charge in [0.1, 0.15) is 12.7 Å². The Labute approximate surface area is 77.9 Å². The van der Waals surface area contributed by atoms with Crippen LogP contribution in [0, 0.1) is 0 Å². The van der Waals surface area contributed by atoms with E-state index < -0.39 is 6.10 Å². The van der Waals surface area contributed by atoms with Crippen molar-refractivity contribution >= 4 is 17.4 Å². The molecule has 1 amide bonds. The van der Waals surface area contributed by atoms with Crippen LogP contribution in [0.5, 0.6) is 0 Å². The molecule has 1 N–H and O–H groups in total. The van der Waals surface area contributed by atoms with E-state index >= 15 is 0 Å². The molecule has 0 spiro atoms. The van der Waals surface area contributed by atoms with Gasteiger partial charge in [0.25, 0.3) is 5.91 Å². The van der Waals surface area contributed by atoms with Crippen molar-refractivity contribution in [3.63, 3.8) is 0 Å². The van der Waals surface area contributed by atoms with E-state index in [2.05, 4.69) is 9.59 Å². The van der Waals surface area contributed by atoms with Crippen molar-refractivity contribution in [3.8, 4) is 0 Å². The average molecular weight is 201 g/mol. The lowest BCUT2D eigenvalue weighted by atomic mass is 10.4.